The van der Waals surface area contributed by atoms with Crippen molar-refractivity contribution in [1.29, 1.82) is 0 Å². The summed E-state index contributed by atoms with van der Waals surface area (Å²) in [5, 5.41) is 3.62. The van der Waals surface area contributed by atoms with E-state index < -0.39 is 6.04 Å². The summed E-state index contributed by atoms with van der Waals surface area (Å²) in [5.41, 5.74) is 3.89. The second kappa shape index (κ2) is 11.2. The van der Waals surface area contributed by atoms with Gasteiger partial charge in [-0.2, -0.15) is 0 Å². The molecule has 0 aliphatic carbocycles. The fraction of sp³-hybridized carbons (Fsp3) is 0.440. The van der Waals surface area contributed by atoms with Gasteiger partial charge in [0.15, 0.2) is 6.61 Å². The van der Waals surface area contributed by atoms with Gasteiger partial charge in [0.05, 0.1) is 0 Å². The van der Waals surface area contributed by atoms with Crippen molar-refractivity contribution < 1.29 is 14.3 Å². The van der Waals surface area contributed by atoms with Crippen LogP contribution in [0.25, 0.3) is 0 Å². The van der Waals surface area contributed by atoms with Gasteiger partial charge in [0.1, 0.15) is 11.8 Å². The van der Waals surface area contributed by atoms with Gasteiger partial charge in [0.25, 0.3) is 5.91 Å². The molecule has 1 atom stereocenters. The Bertz CT molecular complexity index is 886. The number of nitrogens with one attached hydrogen (secondary N) is 1. The third kappa shape index (κ3) is 7.00. The van der Waals surface area contributed by atoms with E-state index in [0.29, 0.717) is 23.7 Å². The highest BCUT2D eigenvalue weighted by molar-refractivity contribution is 6.32. The molecule has 1 N–H and O–H groups in total. The molecule has 0 aliphatic rings. The zero-order chi connectivity index (χ0) is 23.1. The van der Waals surface area contributed by atoms with E-state index in [2.05, 4.69) is 5.32 Å². The maximum absolute atomic E-state index is 13.2. The molecule has 0 saturated carbocycles. The second-order valence-corrected chi connectivity index (χ2v) is 8.63. The molecule has 31 heavy (non-hydrogen) atoms. The zero-order valence-corrected chi connectivity index (χ0v) is 20.0. The van der Waals surface area contributed by atoms with Gasteiger partial charge in [-0.15, -0.1) is 0 Å². The normalized spacial score (nSPS) is 11.9. The van der Waals surface area contributed by atoms with E-state index >= 15 is 0 Å². The van der Waals surface area contributed by atoms with Crippen molar-refractivity contribution in [2.24, 2.45) is 0 Å². The maximum atomic E-state index is 13.2. The van der Waals surface area contributed by atoms with Crippen LogP contribution in [0, 0.1) is 20.8 Å². The largest absolute Gasteiger partial charge is 0.484 e. The Morgan fingerprint density at radius 3 is 2.16 bits per heavy atom. The molecule has 5 nitrogen and oxygen atoms in total. The Labute approximate surface area is 190 Å². The summed E-state index contributed by atoms with van der Waals surface area (Å²) in [6, 6.07) is 11.0. The summed E-state index contributed by atoms with van der Waals surface area (Å²) in [7, 11) is 0. The first-order chi connectivity index (χ1) is 14.6. The van der Waals surface area contributed by atoms with Gasteiger partial charge in [-0.1, -0.05) is 48.4 Å². The zero-order valence-electron chi connectivity index (χ0n) is 19.3. The molecule has 0 saturated heterocycles. The summed E-state index contributed by atoms with van der Waals surface area (Å²) in [4.78, 5) is 27.6. The molecule has 168 valence electrons. The van der Waals surface area contributed by atoms with Crippen LogP contribution in [0.3, 0.4) is 0 Å². The van der Waals surface area contributed by atoms with Crippen LogP contribution in [0.2, 0.25) is 5.02 Å². The Morgan fingerprint density at radius 1 is 1.06 bits per heavy atom. The first kappa shape index (κ1) is 24.7. The molecule has 0 fully saturated rings. The molecule has 6 heteroatoms. The van der Waals surface area contributed by atoms with Crippen LogP contribution in [0.4, 0.5) is 0 Å². The highest BCUT2D eigenvalue weighted by Gasteiger charge is 2.29. The first-order valence-corrected chi connectivity index (χ1v) is 11.0. The number of halogens is 1. The lowest BCUT2D eigenvalue weighted by atomic mass is 10.1. The Kier molecular flexibility index (Phi) is 8.93. The van der Waals surface area contributed by atoms with Gasteiger partial charge in [0, 0.05) is 17.6 Å². The fourth-order valence-electron chi connectivity index (χ4n) is 3.41. The third-order valence-corrected chi connectivity index (χ3v) is 5.66. The summed E-state index contributed by atoms with van der Waals surface area (Å²) in [6.45, 7) is 11.7. The lowest BCUT2D eigenvalue weighted by Crippen LogP contribution is -2.51. The van der Waals surface area contributed by atoms with Crippen molar-refractivity contribution in [3.05, 3.63) is 63.7 Å². The highest BCUT2D eigenvalue weighted by atomic mass is 35.5. The summed E-state index contributed by atoms with van der Waals surface area (Å²) in [5.74, 6) is 0.190. The van der Waals surface area contributed by atoms with Crippen LogP contribution in [0.15, 0.2) is 36.4 Å². The average Bonchev–Trinajstić information content (AvgIpc) is 2.70. The fourth-order valence-corrected chi connectivity index (χ4v) is 3.52. The monoisotopic (exact) mass is 444 g/mol. The van der Waals surface area contributed by atoms with Crippen LogP contribution >= 0.6 is 11.6 Å². The number of ether oxygens (including phenoxy) is 1. The van der Waals surface area contributed by atoms with E-state index in [9.17, 15) is 9.59 Å². The minimum absolute atomic E-state index is 0.00542. The van der Waals surface area contributed by atoms with Gasteiger partial charge < -0.3 is 15.0 Å². The number of hydrogen-bond acceptors (Lipinski definition) is 3. The van der Waals surface area contributed by atoms with Crippen LogP contribution < -0.4 is 10.1 Å². The smallest absolute Gasteiger partial charge is 0.261 e. The molecule has 2 aromatic carbocycles. The van der Waals surface area contributed by atoms with Crippen molar-refractivity contribution in [2.75, 3.05) is 6.61 Å². The number of rotatable bonds is 9. The molecule has 2 amide bonds. The van der Waals surface area contributed by atoms with Crippen molar-refractivity contribution in [3.8, 4) is 5.75 Å². The lowest BCUT2D eigenvalue weighted by molar-refractivity contribution is -0.143. The Balaban J connectivity index is 2.23. The number of carbonyl (C=O) groups is 2. The van der Waals surface area contributed by atoms with Gasteiger partial charge in [-0.25, -0.2) is 0 Å². The van der Waals surface area contributed by atoms with Crippen molar-refractivity contribution in [3.63, 3.8) is 0 Å². The van der Waals surface area contributed by atoms with Crippen LogP contribution in [0.5, 0.6) is 5.75 Å². The highest BCUT2D eigenvalue weighted by Crippen LogP contribution is 2.26. The number of aryl methyl sites for hydroxylation is 3. The SMILES string of the molecule is CC[C@@H](C(=O)NC(C)C)N(Cc1ccc(C)cc1)C(=O)COc1cc(C)c(Cl)c(C)c1. The lowest BCUT2D eigenvalue weighted by Gasteiger charge is -2.31. The van der Waals surface area contributed by atoms with Gasteiger partial charge in [-0.05, 0) is 69.9 Å². The third-order valence-electron chi connectivity index (χ3n) is 5.06. The molecule has 0 aromatic heterocycles. The van der Waals surface area contributed by atoms with Gasteiger partial charge >= 0.3 is 0 Å². The van der Waals surface area contributed by atoms with Crippen molar-refractivity contribution in [2.45, 2.75) is 66.6 Å². The standard InChI is InChI=1S/C25H33ClN2O3/c1-7-22(25(30)27-16(2)3)28(14-20-10-8-17(4)9-11-20)23(29)15-31-21-12-18(5)24(26)19(6)13-21/h8-13,16,22H,7,14-15H2,1-6H3,(H,27,30)/t22-/m0/s1. The number of benzene rings is 2. The average molecular weight is 445 g/mol. The summed E-state index contributed by atoms with van der Waals surface area (Å²) >= 11 is 6.23. The second-order valence-electron chi connectivity index (χ2n) is 8.25. The van der Waals surface area contributed by atoms with E-state index in [1.54, 1.807) is 4.90 Å². The Hall–Kier alpha value is -2.53. The van der Waals surface area contributed by atoms with Crippen molar-refractivity contribution >= 4 is 23.4 Å². The van der Waals surface area contributed by atoms with E-state index in [0.717, 1.165) is 22.3 Å². The molecule has 0 bridgehead atoms. The number of nitrogens with zero attached hydrogens (tertiary/aromatic N) is 1. The molecule has 2 rings (SSSR count). The van der Waals surface area contributed by atoms with E-state index in [-0.39, 0.29) is 24.5 Å². The number of carbonyl (C=O) groups excluding carboxylic acids is 2. The van der Waals surface area contributed by atoms with Crippen LogP contribution in [-0.2, 0) is 16.1 Å². The summed E-state index contributed by atoms with van der Waals surface area (Å²) in [6.07, 6.45) is 0.509. The Morgan fingerprint density at radius 2 is 1.65 bits per heavy atom. The molecular weight excluding hydrogens is 412 g/mol. The van der Waals surface area contributed by atoms with Crippen LogP contribution in [0.1, 0.15) is 49.4 Å². The molecular formula is C25H33ClN2O3. The minimum atomic E-state index is -0.575. The molecule has 0 radical (unpaired) electrons. The number of amides is 2. The molecule has 0 spiro atoms. The van der Waals surface area contributed by atoms with E-state index in [1.807, 2.05) is 77.9 Å². The van der Waals surface area contributed by atoms with E-state index in [1.165, 1.54) is 0 Å². The molecule has 0 heterocycles. The summed E-state index contributed by atoms with van der Waals surface area (Å²) < 4.78 is 5.80. The molecule has 0 unspecified atom stereocenters. The first-order valence-electron chi connectivity index (χ1n) is 10.7. The molecule has 0 aliphatic heterocycles. The quantitative estimate of drug-likeness (QED) is 0.593. The predicted molar refractivity (Wildman–Crippen MR) is 126 cm³/mol. The van der Waals surface area contributed by atoms with Gasteiger partial charge in [-0.3, -0.25) is 9.59 Å². The minimum Gasteiger partial charge on any atom is -0.484 e. The molecule has 2 aromatic rings. The van der Waals surface area contributed by atoms with Crippen LogP contribution in [-0.4, -0.2) is 35.4 Å². The predicted octanol–water partition coefficient (Wildman–Crippen LogP) is 4.98. The van der Waals surface area contributed by atoms with E-state index in [4.69, 9.17) is 16.3 Å². The number of hydrogen-bond donors (Lipinski definition) is 1. The maximum Gasteiger partial charge on any atom is 0.261 e. The topological polar surface area (TPSA) is 58.6 Å². The van der Waals surface area contributed by atoms with Gasteiger partial charge in [0.2, 0.25) is 5.91 Å². The van der Waals surface area contributed by atoms with Crippen molar-refractivity contribution in [1.82, 2.24) is 10.2 Å².